The third-order valence-corrected chi connectivity index (χ3v) is 3.60. The van der Waals surface area contributed by atoms with Gasteiger partial charge in [-0.1, -0.05) is 26.7 Å². The van der Waals surface area contributed by atoms with E-state index in [0.717, 1.165) is 5.92 Å². The summed E-state index contributed by atoms with van der Waals surface area (Å²) >= 11 is 0. The van der Waals surface area contributed by atoms with Gasteiger partial charge in [-0.3, -0.25) is 5.32 Å². The minimum absolute atomic E-state index is 0.166. The average molecular weight is 207 g/mol. The highest BCUT2D eigenvalue weighted by Gasteiger charge is 2.34. The Morgan fingerprint density at radius 2 is 2.00 bits per heavy atom. The predicted octanol–water partition coefficient (Wildman–Crippen LogP) is 3.20. The topological polar surface area (TPSA) is 12.0 Å². The van der Waals surface area contributed by atoms with Crippen molar-refractivity contribution in [3.05, 3.63) is 0 Å². The summed E-state index contributed by atoms with van der Waals surface area (Å²) in [6.07, 6.45) is 9.36. The van der Waals surface area contributed by atoms with Crippen LogP contribution in [-0.2, 0) is 0 Å². The van der Waals surface area contributed by atoms with E-state index in [1.807, 2.05) is 0 Å². The molecule has 2 atom stereocenters. The fraction of sp³-hybridized carbons (Fsp3) is 0.857. The van der Waals surface area contributed by atoms with Crippen LogP contribution < -0.4 is 5.32 Å². The van der Waals surface area contributed by atoms with Crippen LogP contribution in [-0.4, -0.2) is 11.6 Å². The first-order valence-corrected chi connectivity index (χ1v) is 6.01. The largest absolute Gasteiger partial charge is 0.299 e. The van der Waals surface area contributed by atoms with Gasteiger partial charge >= 0.3 is 0 Å². The summed E-state index contributed by atoms with van der Waals surface area (Å²) in [5.74, 6) is 3.54. The zero-order chi connectivity index (χ0) is 11.7. The minimum Gasteiger partial charge on any atom is -0.299 e. The smallest absolute Gasteiger partial charge is 0.0743 e. The van der Waals surface area contributed by atoms with E-state index in [2.05, 4.69) is 45.9 Å². The monoisotopic (exact) mass is 207 g/mol. The van der Waals surface area contributed by atoms with Gasteiger partial charge in [0.15, 0.2) is 0 Å². The van der Waals surface area contributed by atoms with E-state index in [-0.39, 0.29) is 5.54 Å². The number of terminal acetylenes is 1. The maximum atomic E-state index is 5.51. The van der Waals surface area contributed by atoms with Gasteiger partial charge < -0.3 is 0 Å². The molecule has 1 rings (SSSR count). The Balaban J connectivity index is 2.57. The highest BCUT2D eigenvalue weighted by molar-refractivity contribution is 5.09. The molecule has 0 amide bonds. The fourth-order valence-electron chi connectivity index (χ4n) is 2.67. The molecule has 0 aromatic heterocycles. The molecule has 0 aromatic carbocycles. The second-order valence-electron chi connectivity index (χ2n) is 6.40. The van der Waals surface area contributed by atoms with Crippen LogP contribution >= 0.6 is 0 Å². The van der Waals surface area contributed by atoms with Gasteiger partial charge in [0.05, 0.1) is 5.54 Å². The van der Waals surface area contributed by atoms with Gasteiger partial charge in [-0.2, -0.15) is 0 Å². The van der Waals surface area contributed by atoms with Crippen molar-refractivity contribution in [1.29, 1.82) is 0 Å². The molecule has 0 spiro atoms. The summed E-state index contributed by atoms with van der Waals surface area (Å²) in [6, 6.07) is 0.587. The van der Waals surface area contributed by atoms with E-state index in [4.69, 9.17) is 6.42 Å². The molecule has 15 heavy (non-hydrogen) atoms. The van der Waals surface area contributed by atoms with E-state index in [0.29, 0.717) is 11.5 Å². The molecule has 0 saturated heterocycles. The number of hydrogen-bond acceptors (Lipinski definition) is 1. The molecule has 0 bridgehead atoms. The van der Waals surface area contributed by atoms with E-state index < -0.39 is 0 Å². The average Bonchev–Trinajstić information content (AvgIpc) is 2.09. The summed E-state index contributed by atoms with van der Waals surface area (Å²) in [7, 11) is 0. The Morgan fingerprint density at radius 1 is 1.40 bits per heavy atom. The van der Waals surface area contributed by atoms with Crippen molar-refractivity contribution in [2.45, 2.75) is 65.5 Å². The number of hydrogen-bond donors (Lipinski definition) is 1. The lowest BCUT2D eigenvalue weighted by Crippen LogP contribution is -2.50. The molecule has 0 heterocycles. The second kappa shape index (κ2) is 4.18. The third kappa shape index (κ3) is 3.54. The predicted molar refractivity (Wildman–Crippen MR) is 66.6 cm³/mol. The van der Waals surface area contributed by atoms with Gasteiger partial charge in [0.1, 0.15) is 0 Å². The molecule has 0 aliphatic heterocycles. The molecule has 1 nitrogen and oxygen atoms in total. The van der Waals surface area contributed by atoms with Crippen LogP contribution in [0, 0.1) is 23.7 Å². The van der Waals surface area contributed by atoms with Crippen LogP contribution in [0.5, 0.6) is 0 Å². The Labute approximate surface area is 95.0 Å². The van der Waals surface area contributed by atoms with Gasteiger partial charge in [0.25, 0.3) is 0 Å². The van der Waals surface area contributed by atoms with Crippen molar-refractivity contribution in [3.8, 4) is 12.3 Å². The van der Waals surface area contributed by atoms with Crippen LogP contribution in [0.1, 0.15) is 53.9 Å². The molecule has 1 aliphatic rings. The Bertz CT molecular complexity index is 257. The van der Waals surface area contributed by atoms with Gasteiger partial charge in [-0.25, -0.2) is 0 Å². The fourth-order valence-corrected chi connectivity index (χ4v) is 2.67. The lowest BCUT2D eigenvalue weighted by atomic mass is 9.70. The molecular weight excluding hydrogens is 182 g/mol. The van der Waals surface area contributed by atoms with Gasteiger partial charge in [0, 0.05) is 6.04 Å². The zero-order valence-corrected chi connectivity index (χ0v) is 10.9. The lowest BCUT2D eigenvalue weighted by Gasteiger charge is -2.42. The van der Waals surface area contributed by atoms with Gasteiger partial charge in [-0.15, -0.1) is 6.42 Å². The molecule has 2 unspecified atom stereocenters. The quantitative estimate of drug-likeness (QED) is 0.686. The highest BCUT2D eigenvalue weighted by atomic mass is 15.0. The third-order valence-electron chi connectivity index (χ3n) is 3.60. The second-order valence-corrected chi connectivity index (χ2v) is 6.40. The molecule has 1 heteroatoms. The van der Waals surface area contributed by atoms with Crippen LogP contribution in [0.4, 0.5) is 0 Å². The summed E-state index contributed by atoms with van der Waals surface area (Å²) < 4.78 is 0. The maximum absolute atomic E-state index is 5.51. The van der Waals surface area contributed by atoms with Gasteiger partial charge in [-0.05, 0) is 44.4 Å². The first-order valence-electron chi connectivity index (χ1n) is 6.01. The van der Waals surface area contributed by atoms with Crippen molar-refractivity contribution in [2.24, 2.45) is 11.3 Å². The minimum atomic E-state index is -0.166. The maximum Gasteiger partial charge on any atom is 0.0743 e. The van der Waals surface area contributed by atoms with E-state index >= 15 is 0 Å². The van der Waals surface area contributed by atoms with Crippen molar-refractivity contribution in [1.82, 2.24) is 5.32 Å². The highest BCUT2D eigenvalue weighted by Crippen LogP contribution is 2.38. The van der Waals surface area contributed by atoms with Crippen LogP contribution in [0.2, 0.25) is 0 Å². The van der Waals surface area contributed by atoms with Crippen molar-refractivity contribution in [3.63, 3.8) is 0 Å². The van der Waals surface area contributed by atoms with Crippen LogP contribution in [0.3, 0.4) is 0 Å². The summed E-state index contributed by atoms with van der Waals surface area (Å²) in [4.78, 5) is 0. The Hall–Kier alpha value is -0.480. The lowest BCUT2D eigenvalue weighted by molar-refractivity contribution is 0.137. The van der Waals surface area contributed by atoms with Crippen LogP contribution in [0.25, 0.3) is 0 Å². The first-order chi connectivity index (χ1) is 6.76. The number of nitrogens with one attached hydrogen (secondary N) is 1. The van der Waals surface area contributed by atoms with E-state index in [1.165, 1.54) is 19.3 Å². The normalized spacial score (nSPS) is 30.9. The molecular formula is C14H25N. The van der Waals surface area contributed by atoms with Gasteiger partial charge in [0.2, 0.25) is 0 Å². The zero-order valence-electron chi connectivity index (χ0n) is 10.9. The van der Waals surface area contributed by atoms with Crippen LogP contribution in [0.15, 0.2) is 0 Å². The first kappa shape index (κ1) is 12.6. The molecule has 0 radical (unpaired) electrons. The molecule has 1 fully saturated rings. The molecule has 1 saturated carbocycles. The van der Waals surface area contributed by atoms with E-state index in [1.54, 1.807) is 0 Å². The summed E-state index contributed by atoms with van der Waals surface area (Å²) in [5.41, 5.74) is 0.346. The Kier molecular flexibility index (Phi) is 3.51. The van der Waals surface area contributed by atoms with Crippen molar-refractivity contribution < 1.29 is 0 Å². The summed E-state index contributed by atoms with van der Waals surface area (Å²) in [6.45, 7) is 11.2. The summed E-state index contributed by atoms with van der Waals surface area (Å²) in [5, 5.41) is 3.60. The number of rotatable bonds is 2. The van der Waals surface area contributed by atoms with Crippen molar-refractivity contribution >= 4 is 0 Å². The standard InChI is InChI=1S/C14H25N/c1-7-14(5,6)15-12-8-9-13(3,4)10-11(12)2/h1,11-12,15H,8-10H2,2-6H3. The Morgan fingerprint density at radius 3 is 2.47 bits per heavy atom. The molecule has 0 aromatic rings. The molecule has 1 N–H and O–H groups in total. The SMILES string of the molecule is C#CC(C)(C)NC1CCC(C)(C)CC1C. The van der Waals surface area contributed by atoms with Crippen molar-refractivity contribution in [2.75, 3.05) is 0 Å². The van der Waals surface area contributed by atoms with E-state index in [9.17, 15) is 0 Å². The molecule has 86 valence electrons. The molecule has 1 aliphatic carbocycles.